The molecule has 3 rings (SSSR count). The Morgan fingerprint density at radius 1 is 1.48 bits per heavy atom. The number of rotatable bonds is 4. The van der Waals surface area contributed by atoms with E-state index in [0.29, 0.717) is 18.6 Å². The lowest BCUT2D eigenvalue weighted by atomic mass is 10.2. The van der Waals surface area contributed by atoms with Gasteiger partial charge < -0.3 is 15.0 Å². The lowest BCUT2D eigenvalue weighted by molar-refractivity contribution is -0.160. The van der Waals surface area contributed by atoms with Gasteiger partial charge in [-0.05, 0) is 38.5 Å². The van der Waals surface area contributed by atoms with Crippen molar-refractivity contribution in [3.8, 4) is 0 Å². The number of hydrogen-bond donors (Lipinski definition) is 1. The van der Waals surface area contributed by atoms with E-state index in [-0.39, 0.29) is 16.5 Å². The first-order valence-corrected chi connectivity index (χ1v) is 9.02. The fourth-order valence-corrected chi connectivity index (χ4v) is 4.53. The number of thioether (sulfide) groups is 1. The van der Waals surface area contributed by atoms with Crippen LogP contribution in [0.2, 0.25) is 0 Å². The van der Waals surface area contributed by atoms with Crippen LogP contribution in [0.4, 0.5) is 10.1 Å². The molecule has 2 heterocycles. The Morgan fingerprint density at radius 3 is 2.96 bits per heavy atom. The van der Waals surface area contributed by atoms with Gasteiger partial charge in [-0.15, -0.1) is 11.8 Å². The average Bonchev–Trinajstić information content (AvgIpc) is 3.04. The van der Waals surface area contributed by atoms with Gasteiger partial charge in [0.2, 0.25) is 5.91 Å². The predicted molar refractivity (Wildman–Crippen MR) is 91.3 cm³/mol. The molecular formula is C17H19FN2O4S. The van der Waals surface area contributed by atoms with E-state index in [0.717, 1.165) is 0 Å². The van der Waals surface area contributed by atoms with Crippen LogP contribution in [0.5, 0.6) is 0 Å². The molecule has 1 aromatic carbocycles. The van der Waals surface area contributed by atoms with E-state index in [2.05, 4.69) is 5.32 Å². The summed E-state index contributed by atoms with van der Waals surface area (Å²) in [7, 11) is 0. The third-order valence-electron chi connectivity index (χ3n) is 4.47. The second-order valence-corrected chi connectivity index (χ2v) is 7.85. The van der Waals surface area contributed by atoms with Gasteiger partial charge in [-0.3, -0.25) is 9.59 Å². The molecule has 1 aromatic rings. The first-order valence-electron chi connectivity index (χ1n) is 8.03. The van der Waals surface area contributed by atoms with Crippen molar-refractivity contribution in [2.24, 2.45) is 0 Å². The zero-order chi connectivity index (χ0) is 18.2. The molecule has 25 heavy (non-hydrogen) atoms. The molecule has 8 heteroatoms. The molecule has 134 valence electrons. The fourth-order valence-electron chi connectivity index (χ4n) is 3.11. The number of nitrogens with zero attached hydrogens (tertiary/aromatic N) is 1. The van der Waals surface area contributed by atoms with Crippen LogP contribution in [-0.4, -0.2) is 45.5 Å². The fraction of sp³-hybridized carbons (Fsp3) is 0.471. The highest BCUT2D eigenvalue weighted by Crippen LogP contribution is 2.47. The Morgan fingerprint density at radius 2 is 2.24 bits per heavy atom. The van der Waals surface area contributed by atoms with Gasteiger partial charge in [0.25, 0.3) is 5.91 Å². The average molecular weight is 366 g/mol. The zero-order valence-electron chi connectivity index (χ0n) is 14.0. The maximum atomic E-state index is 13.2. The zero-order valence-corrected chi connectivity index (χ0v) is 14.8. The minimum atomic E-state index is -1.05. The summed E-state index contributed by atoms with van der Waals surface area (Å²) < 4.78 is 18.4. The minimum Gasteiger partial charge on any atom is -0.451 e. The number of benzene rings is 1. The summed E-state index contributed by atoms with van der Waals surface area (Å²) in [5.74, 6) is -1.23. The van der Waals surface area contributed by atoms with Gasteiger partial charge >= 0.3 is 5.97 Å². The summed E-state index contributed by atoms with van der Waals surface area (Å²) in [4.78, 5) is 37.8. The maximum absolute atomic E-state index is 13.2. The first-order chi connectivity index (χ1) is 11.8. The molecule has 3 atom stereocenters. The summed E-state index contributed by atoms with van der Waals surface area (Å²) in [6.45, 7) is 3.38. The molecule has 0 saturated carbocycles. The second-order valence-electron chi connectivity index (χ2n) is 6.34. The van der Waals surface area contributed by atoms with E-state index in [1.54, 1.807) is 16.7 Å². The van der Waals surface area contributed by atoms with Crippen molar-refractivity contribution < 1.29 is 23.5 Å². The molecule has 2 saturated heterocycles. The quantitative estimate of drug-likeness (QED) is 0.827. The Bertz CT molecular complexity index is 728. The van der Waals surface area contributed by atoms with Crippen LogP contribution in [0.3, 0.4) is 0 Å². The van der Waals surface area contributed by atoms with Crippen molar-refractivity contribution in [3.05, 3.63) is 30.1 Å². The maximum Gasteiger partial charge on any atom is 0.330 e. The topological polar surface area (TPSA) is 75.7 Å². The normalized spacial score (nSPS) is 26.3. The highest BCUT2D eigenvalue weighted by atomic mass is 32.2. The van der Waals surface area contributed by atoms with Crippen LogP contribution in [0.25, 0.3) is 0 Å². The summed E-state index contributed by atoms with van der Waals surface area (Å²) in [6.07, 6.45) is 0.0732. The molecule has 1 N–H and O–H groups in total. The van der Waals surface area contributed by atoms with Crippen molar-refractivity contribution in [2.75, 3.05) is 11.1 Å². The third-order valence-corrected chi connectivity index (χ3v) is 5.98. The molecule has 0 aliphatic carbocycles. The van der Waals surface area contributed by atoms with E-state index in [1.807, 2.05) is 6.92 Å². The lowest BCUT2D eigenvalue weighted by Gasteiger charge is -2.29. The largest absolute Gasteiger partial charge is 0.451 e. The molecule has 0 bridgehead atoms. The number of nitrogens with one attached hydrogen (secondary N) is 1. The standard InChI is InChI=1S/C17H19FN2O4S/c1-10(15(22)19-12-5-3-4-11(18)8-12)24-16(23)13-9-25-17(2)7-6-14(21)20(13)17/h3-5,8,10,13H,6-7,9H2,1-2H3,(H,19,22)/t10-,13+,17+/m1/s1. The van der Waals surface area contributed by atoms with Crippen LogP contribution in [0, 0.1) is 5.82 Å². The first kappa shape index (κ1) is 17.7. The van der Waals surface area contributed by atoms with E-state index in [4.69, 9.17) is 4.74 Å². The van der Waals surface area contributed by atoms with Gasteiger partial charge in [0.1, 0.15) is 11.9 Å². The molecule has 0 radical (unpaired) electrons. The number of ether oxygens (including phenoxy) is 1. The van der Waals surface area contributed by atoms with Gasteiger partial charge in [0.15, 0.2) is 6.10 Å². The molecule has 0 spiro atoms. The summed E-state index contributed by atoms with van der Waals surface area (Å²) in [5.41, 5.74) is 0.284. The number of carbonyl (C=O) groups is 3. The molecule has 2 aliphatic heterocycles. The van der Waals surface area contributed by atoms with Gasteiger partial charge in [-0.2, -0.15) is 0 Å². The Kier molecular flexibility index (Phi) is 4.73. The summed E-state index contributed by atoms with van der Waals surface area (Å²) >= 11 is 1.56. The highest BCUT2D eigenvalue weighted by molar-refractivity contribution is 8.01. The van der Waals surface area contributed by atoms with Crippen LogP contribution >= 0.6 is 11.8 Å². The van der Waals surface area contributed by atoms with Crippen molar-refractivity contribution in [1.29, 1.82) is 0 Å². The van der Waals surface area contributed by atoms with E-state index >= 15 is 0 Å². The van der Waals surface area contributed by atoms with Crippen molar-refractivity contribution in [2.45, 2.75) is 43.7 Å². The molecule has 6 nitrogen and oxygen atoms in total. The predicted octanol–water partition coefficient (Wildman–Crippen LogP) is 2.15. The van der Waals surface area contributed by atoms with Crippen LogP contribution in [0.15, 0.2) is 24.3 Å². The Labute approximate surface area is 149 Å². The number of fused-ring (bicyclic) bond motifs is 1. The van der Waals surface area contributed by atoms with E-state index in [1.165, 1.54) is 31.2 Å². The number of halogens is 1. The molecular weight excluding hydrogens is 347 g/mol. The third kappa shape index (κ3) is 3.49. The number of hydrogen-bond acceptors (Lipinski definition) is 5. The smallest absolute Gasteiger partial charge is 0.330 e. The van der Waals surface area contributed by atoms with Crippen LogP contribution in [0.1, 0.15) is 26.7 Å². The highest BCUT2D eigenvalue weighted by Gasteiger charge is 2.53. The lowest BCUT2D eigenvalue weighted by Crippen LogP contribution is -2.48. The van der Waals surface area contributed by atoms with E-state index in [9.17, 15) is 18.8 Å². The second kappa shape index (κ2) is 6.67. The minimum absolute atomic E-state index is 0.0636. The molecule has 2 aliphatic rings. The Hall–Kier alpha value is -2.09. The molecule has 2 amide bonds. The van der Waals surface area contributed by atoms with Gasteiger partial charge in [0.05, 0.1) is 4.87 Å². The number of anilines is 1. The van der Waals surface area contributed by atoms with Crippen molar-refractivity contribution >= 4 is 35.2 Å². The van der Waals surface area contributed by atoms with E-state index < -0.39 is 29.8 Å². The van der Waals surface area contributed by atoms with Crippen molar-refractivity contribution in [3.63, 3.8) is 0 Å². The molecule has 0 unspecified atom stereocenters. The van der Waals surface area contributed by atoms with Gasteiger partial charge in [0, 0.05) is 17.9 Å². The Balaban J connectivity index is 1.61. The van der Waals surface area contributed by atoms with Crippen molar-refractivity contribution in [1.82, 2.24) is 4.90 Å². The number of esters is 1. The SMILES string of the molecule is C[C@@H](OC(=O)[C@@H]1CS[C@@]2(C)CCC(=O)N12)C(=O)Nc1cccc(F)c1. The summed E-state index contributed by atoms with van der Waals surface area (Å²) in [5, 5.41) is 2.50. The summed E-state index contributed by atoms with van der Waals surface area (Å²) in [6, 6.07) is 4.78. The van der Waals surface area contributed by atoms with Crippen LogP contribution in [-0.2, 0) is 19.1 Å². The van der Waals surface area contributed by atoms with Crippen LogP contribution < -0.4 is 5.32 Å². The molecule has 0 aromatic heterocycles. The number of amides is 2. The monoisotopic (exact) mass is 366 g/mol. The number of carbonyl (C=O) groups excluding carboxylic acids is 3. The van der Waals surface area contributed by atoms with Gasteiger partial charge in [-0.1, -0.05) is 6.07 Å². The van der Waals surface area contributed by atoms with Gasteiger partial charge in [-0.25, -0.2) is 9.18 Å². The molecule has 2 fully saturated rings.